The van der Waals surface area contributed by atoms with E-state index in [1.165, 1.54) is 5.56 Å². The topological polar surface area (TPSA) is 81.3 Å². The lowest BCUT2D eigenvalue weighted by Gasteiger charge is -2.32. The van der Waals surface area contributed by atoms with Gasteiger partial charge in [0, 0.05) is 18.7 Å². The first-order valence-corrected chi connectivity index (χ1v) is 11.0. The van der Waals surface area contributed by atoms with E-state index in [2.05, 4.69) is 29.4 Å². The maximum absolute atomic E-state index is 12.9. The van der Waals surface area contributed by atoms with E-state index in [0.717, 1.165) is 37.9 Å². The van der Waals surface area contributed by atoms with Gasteiger partial charge in [0.25, 0.3) is 5.91 Å². The number of piperidine rings is 1. The summed E-state index contributed by atoms with van der Waals surface area (Å²) >= 11 is 0. The van der Waals surface area contributed by atoms with Crippen LogP contribution in [0.3, 0.4) is 0 Å². The van der Waals surface area contributed by atoms with Gasteiger partial charge >= 0.3 is 5.69 Å². The molecule has 0 bridgehead atoms. The van der Waals surface area contributed by atoms with Crippen LogP contribution >= 0.6 is 0 Å². The Morgan fingerprint density at radius 2 is 1.69 bits per heavy atom. The zero-order valence-corrected chi connectivity index (χ0v) is 18.5. The molecule has 0 atom stereocenters. The number of nitro groups is 1. The summed E-state index contributed by atoms with van der Waals surface area (Å²) in [6.45, 7) is 5.35. The Balaban J connectivity index is 1.35. The van der Waals surface area contributed by atoms with E-state index in [1.807, 2.05) is 35.2 Å². The number of nitrogens with zero attached hydrogens (tertiary/aromatic N) is 4. The van der Waals surface area contributed by atoms with Crippen molar-refractivity contribution in [3.05, 3.63) is 92.8 Å². The summed E-state index contributed by atoms with van der Waals surface area (Å²) in [5.74, 6) is 0.685. The number of carbonyl (C=O) groups excluding carboxylic acids is 1. The fraction of sp³-hybridized carbons (Fsp3) is 0.360. The normalized spacial score (nSPS) is 14.5. The lowest BCUT2D eigenvalue weighted by atomic mass is 9.90. The number of carbonyl (C=O) groups is 1. The van der Waals surface area contributed by atoms with Crippen molar-refractivity contribution in [1.29, 1.82) is 0 Å². The van der Waals surface area contributed by atoms with Gasteiger partial charge in [-0.2, -0.15) is 5.10 Å². The maximum atomic E-state index is 12.9. The average molecular weight is 433 g/mol. The first-order valence-electron chi connectivity index (χ1n) is 11.0. The number of amides is 1. The van der Waals surface area contributed by atoms with Crippen LogP contribution in [0, 0.1) is 29.9 Å². The molecule has 4 rings (SSSR count). The molecule has 3 aromatic rings. The molecule has 7 nitrogen and oxygen atoms in total. The highest BCUT2D eigenvalue weighted by Gasteiger charge is 2.24. The van der Waals surface area contributed by atoms with Crippen LogP contribution in [0.5, 0.6) is 0 Å². The second kappa shape index (κ2) is 9.34. The molecule has 0 spiro atoms. The molecule has 7 heteroatoms. The predicted molar refractivity (Wildman–Crippen MR) is 123 cm³/mol. The molecule has 0 radical (unpaired) electrons. The Labute approximate surface area is 187 Å². The van der Waals surface area contributed by atoms with E-state index in [1.54, 1.807) is 18.5 Å². The third-order valence-electron chi connectivity index (χ3n) is 6.33. The quantitative estimate of drug-likeness (QED) is 0.423. The molecule has 1 fully saturated rings. The van der Waals surface area contributed by atoms with Crippen LogP contribution in [-0.4, -0.2) is 38.6 Å². The standard InChI is InChI=1S/C25H28N4O3/c1-18-24(29(31)32)19(2)28(26-18)17-22-8-10-23(11-9-22)25(30)27-14-12-21(13-15-27)16-20-6-4-3-5-7-20/h3-11,21H,12-17H2,1-2H3. The number of hydrogen-bond donors (Lipinski definition) is 0. The van der Waals surface area contributed by atoms with E-state index >= 15 is 0 Å². The average Bonchev–Trinajstić information content (AvgIpc) is 3.08. The van der Waals surface area contributed by atoms with Crippen molar-refractivity contribution >= 4 is 11.6 Å². The van der Waals surface area contributed by atoms with Crippen molar-refractivity contribution in [2.24, 2.45) is 5.92 Å². The lowest BCUT2D eigenvalue weighted by Crippen LogP contribution is -2.38. The molecule has 32 heavy (non-hydrogen) atoms. The Hall–Kier alpha value is -3.48. The van der Waals surface area contributed by atoms with Gasteiger partial charge in [-0.3, -0.25) is 19.6 Å². The Morgan fingerprint density at radius 3 is 2.28 bits per heavy atom. The third kappa shape index (κ3) is 4.72. The summed E-state index contributed by atoms with van der Waals surface area (Å²) in [5.41, 5.74) is 3.99. The van der Waals surface area contributed by atoms with Gasteiger partial charge in [0.1, 0.15) is 11.4 Å². The van der Waals surface area contributed by atoms with Crippen LogP contribution in [0.2, 0.25) is 0 Å². The van der Waals surface area contributed by atoms with Crippen molar-refractivity contribution in [2.45, 2.75) is 39.7 Å². The van der Waals surface area contributed by atoms with Crippen molar-refractivity contribution in [3.63, 3.8) is 0 Å². The SMILES string of the molecule is Cc1nn(Cc2ccc(C(=O)N3CCC(Cc4ccccc4)CC3)cc2)c(C)c1[N+](=O)[O-]. The summed E-state index contributed by atoms with van der Waals surface area (Å²) in [6, 6.07) is 18.0. The van der Waals surface area contributed by atoms with Crippen LogP contribution in [0.4, 0.5) is 5.69 Å². The van der Waals surface area contributed by atoms with Crippen molar-refractivity contribution in [1.82, 2.24) is 14.7 Å². The van der Waals surface area contributed by atoms with E-state index in [-0.39, 0.29) is 16.5 Å². The maximum Gasteiger partial charge on any atom is 0.312 e. The van der Waals surface area contributed by atoms with Crippen molar-refractivity contribution in [2.75, 3.05) is 13.1 Å². The van der Waals surface area contributed by atoms with Crippen molar-refractivity contribution < 1.29 is 9.72 Å². The first-order chi connectivity index (χ1) is 15.4. The first kappa shape index (κ1) is 21.7. The van der Waals surface area contributed by atoms with Gasteiger partial charge in [0.05, 0.1) is 11.5 Å². The van der Waals surface area contributed by atoms with Gasteiger partial charge in [-0.15, -0.1) is 0 Å². The van der Waals surface area contributed by atoms with Crippen LogP contribution in [0.25, 0.3) is 0 Å². The van der Waals surface area contributed by atoms with Crippen LogP contribution in [-0.2, 0) is 13.0 Å². The molecule has 0 saturated carbocycles. The largest absolute Gasteiger partial charge is 0.339 e. The van der Waals surface area contributed by atoms with Gasteiger partial charge in [0.15, 0.2) is 0 Å². The number of rotatable bonds is 6. The Kier molecular flexibility index (Phi) is 6.35. The monoisotopic (exact) mass is 432 g/mol. The zero-order chi connectivity index (χ0) is 22.7. The summed E-state index contributed by atoms with van der Waals surface area (Å²) in [4.78, 5) is 25.7. The second-order valence-electron chi connectivity index (χ2n) is 8.56. The summed E-state index contributed by atoms with van der Waals surface area (Å²) in [6.07, 6.45) is 3.12. The Bertz CT molecular complexity index is 1100. The number of aryl methyl sites for hydroxylation is 1. The molecule has 1 aliphatic heterocycles. The molecule has 0 unspecified atom stereocenters. The minimum absolute atomic E-state index is 0.0625. The highest BCUT2D eigenvalue weighted by atomic mass is 16.6. The van der Waals surface area contributed by atoms with E-state index in [4.69, 9.17) is 0 Å². The van der Waals surface area contributed by atoms with Crippen molar-refractivity contribution in [3.8, 4) is 0 Å². The van der Waals surface area contributed by atoms with E-state index in [0.29, 0.717) is 29.4 Å². The van der Waals surface area contributed by atoms with Crippen LogP contribution < -0.4 is 0 Å². The summed E-state index contributed by atoms with van der Waals surface area (Å²) in [7, 11) is 0. The molecular formula is C25H28N4O3. The molecule has 1 saturated heterocycles. The number of likely N-dealkylation sites (tertiary alicyclic amines) is 1. The number of benzene rings is 2. The summed E-state index contributed by atoms with van der Waals surface area (Å²) in [5, 5.41) is 15.5. The van der Waals surface area contributed by atoms with Gasteiger partial charge in [-0.25, -0.2) is 0 Å². The van der Waals surface area contributed by atoms with Gasteiger partial charge in [0.2, 0.25) is 0 Å². The zero-order valence-electron chi connectivity index (χ0n) is 18.5. The van der Waals surface area contributed by atoms with E-state index in [9.17, 15) is 14.9 Å². The second-order valence-corrected chi connectivity index (χ2v) is 8.56. The van der Waals surface area contributed by atoms with Gasteiger partial charge in [-0.05, 0) is 62.3 Å². The molecule has 166 valence electrons. The number of aromatic nitrogens is 2. The van der Waals surface area contributed by atoms with Crippen LogP contribution in [0.1, 0.15) is 45.7 Å². The van der Waals surface area contributed by atoms with Gasteiger partial charge in [-0.1, -0.05) is 42.5 Å². The molecule has 1 amide bonds. The number of hydrogen-bond acceptors (Lipinski definition) is 4. The van der Waals surface area contributed by atoms with Gasteiger partial charge < -0.3 is 4.90 Å². The van der Waals surface area contributed by atoms with E-state index < -0.39 is 0 Å². The molecule has 1 aromatic heterocycles. The van der Waals surface area contributed by atoms with Crippen LogP contribution in [0.15, 0.2) is 54.6 Å². The Morgan fingerprint density at radius 1 is 1.03 bits per heavy atom. The third-order valence-corrected chi connectivity index (χ3v) is 6.33. The molecule has 2 heterocycles. The molecule has 1 aliphatic rings. The lowest BCUT2D eigenvalue weighted by molar-refractivity contribution is -0.386. The molecular weight excluding hydrogens is 404 g/mol. The minimum atomic E-state index is -0.390. The molecule has 0 N–H and O–H groups in total. The summed E-state index contributed by atoms with van der Waals surface area (Å²) < 4.78 is 1.64. The minimum Gasteiger partial charge on any atom is -0.339 e. The fourth-order valence-electron chi connectivity index (χ4n) is 4.50. The molecule has 0 aliphatic carbocycles. The smallest absolute Gasteiger partial charge is 0.312 e. The highest BCUT2D eigenvalue weighted by molar-refractivity contribution is 5.94. The highest BCUT2D eigenvalue weighted by Crippen LogP contribution is 2.24. The molecule has 2 aromatic carbocycles. The predicted octanol–water partition coefficient (Wildman–Crippen LogP) is 4.55. The fourth-order valence-corrected chi connectivity index (χ4v) is 4.50.